The number of anilines is 1. The normalized spacial score (nSPS) is 20.8. The number of carbonyl (C=O) groups is 2. The monoisotopic (exact) mass is 413 g/mol. The van der Waals surface area contributed by atoms with Crippen molar-refractivity contribution < 1.29 is 14.7 Å². The molecule has 23 heavy (non-hydrogen) atoms. The predicted octanol–water partition coefficient (Wildman–Crippen LogP) is 3.88. The van der Waals surface area contributed by atoms with E-state index in [-0.39, 0.29) is 21.3 Å². The first-order valence-corrected chi connectivity index (χ1v) is 8.17. The molecule has 7 heteroatoms. The van der Waals surface area contributed by atoms with Gasteiger partial charge in [0, 0.05) is 15.1 Å². The van der Waals surface area contributed by atoms with Crippen molar-refractivity contribution in [3.05, 3.63) is 62.0 Å². The van der Waals surface area contributed by atoms with Crippen LogP contribution in [0.4, 0.5) is 5.69 Å². The molecule has 0 aliphatic carbocycles. The first-order valence-electron chi connectivity index (χ1n) is 6.62. The Balaban J connectivity index is 2.22. The van der Waals surface area contributed by atoms with Crippen LogP contribution in [0, 0.1) is 0 Å². The third kappa shape index (κ3) is 2.48. The van der Waals surface area contributed by atoms with Crippen LogP contribution in [0.1, 0.15) is 17.0 Å². The smallest absolute Gasteiger partial charge is 0.262 e. The van der Waals surface area contributed by atoms with Gasteiger partial charge in [-0.25, -0.2) is 0 Å². The SMILES string of the molecule is O=CC(c1ccc(Br)cc1)C1(O)C(=O)Nc2c(Cl)ccc(Cl)c21. The minimum Gasteiger partial charge on any atom is -0.374 e. The fourth-order valence-corrected chi connectivity index (χ4v) is 3.52. The molecule has 0 spiro atoms. The highest BCUT2D eigenvalue weighted by atomic mass is 79.9. The first kappa shape index (κ1) is 16.5. The summed E-state index contributed by atoms with van der Waals surface area (Å²) in [5.41, 5.74) is -1.27. The lowest BCUT2D eigenvalue weighted by Crippen LogP contribution is -2.41. The highest BCUT2D eigenvalue weighted by Gasteiger charge is 2.53. The van der Waals surface area contributed by atoms with Gasteiger partial charge in [-0.1, -0.05) is 51.3 Å². The lowest BCUT2D eigenvalue weighted by atomic mass is 9.79. The highest BCUT2D eigenvalue weighted by Crippen LogP contribution is 2.50. The van der Waals surface area contributed by atoms with Gasteiger partial charge in [-0.05, 0) is 29.8 Å². The summed E-state index contributed by atoms with van der Waals surface area (Å²) in [6, 6.07) is 9.77. The zero-order chi connectivity index (χ0) is 16.8. The van der Waals surface area contributed by atoms with Gasteiger partial charge < -0.3 is 15.2 Å². The first-order chi connectivity index (χ1) is 10.9. The molecule has 2 atom stereocenters. The van der Waals surface area contributed by atoms with Gasteiger partial charge in [-0.15, -0.1) is 0 Å². The third-order valence-electron chi connectivity index (χ3n) is 3.88. The van der Waals surface area contributed by atoms with Crippen molar-refractivity contribution in [1.82, 2.24) is 0 Å². The van der Waals surface area contributed by atoms with Crippen molar-refractivity contribution in [2.24, 2.45) is 0 Å². The van der Waals surface area contributed by atoms with E-state index >= 15 is 0 Å². The van der Waals surface area contributed by atoms with E-state index in [2.05, 4.69) is 21.2 Å². The molecule has 0 radical (unpaired) electrons. The largest absolute Gasteiger partial charge is 0.374 e. The van der Waals surface area contributed by atoms with Crippen LogP contribution in [0.25, 0.3) is 0 Å². The van der Waals surface area contributed by atoms with Crippen LogP contribution in [-0.4, -0.2) is 17.3 Å². The number of hydrogen-bond donors (Lipinski definition) is 2. The number of nitrogens with one attached hydrogen (secondary N) is 1. The molecule has 0 bridgehead atoms. The summed E-state index contributed by atoms with van der Waals surface area (Å²) in [5.74, 6) is -1.85. The number of rotatable bonds is 3. The van der Waals surface area contributed by atoms with Gasteiger partial charge >= 0.3 is 0 Å². The fourth-order valence-electron chi connectivity index (χ4n) is 2.75. The van der Waals surface area contributed by atoms with Crippen molar-refractivity contribution in [1.29, 1.82) is 0 Å². The Bertz CT molecular complexity index is 810. The summed E-state index contributed by atoms with van der Waals surface area (Å²) in [6.45, 7) is 0. The number of fused-ring (bicyclic) bond motifs is 1. The average Bonchev–Trinajstić information content (AvgIpc) is 2.80. The number of amides is 1. The number of aliphatic hydroxyl groups is 1. The van der Waals surface area contributed by atoms with E-state index in [1.54, 1.807) is 24.3 Å². The van der Waals surface area contributed by atoms with Gasteiger partial charge in [0.2, 0.25) is 0 Å². The summed E-state index contributed by atoms with van der Waals surface area (Å²) < 4.78 is 0.815. The minimum atomic E-state index is -2.12. The maximum absolute atomic E-state index is 12.5. The number of carbonyl (C=O) groups excluding carboxylic acids is 2. The standard InChI is InChI=1S/C16H10BrCl2NO3/c17-9-3-1-8(2-4-9)10(7-21)16(23)13-11(18)5-6-12(19)14(13)20-15(16)22/h1-7,10,23H,(H,20,22). The second-order valence-corrected chi connectivity index (χ2v) is 6.90. The Morgan fingerprint density at radius 1 is 1.13 bits per heavy atom. The third-order valence-corrected chi connectivity index (χ3v) is 5.04. The molecular weight excluding hydrogens is 405 g/mol. The molecule has 1 aliphatic rings. The molecule has 1 aliphatic heterocycles. The van der Waals surface area contributed by atoms with Crippen molar-refractivity contribution in [2.45, 2.75) is 11.5 Å². The Morgan fingerprint density at radius 2 is 1.74 bits per heavy atom. The zero-order valence-electron chi connectivity index (χ0n) is 11.5. The molecule has 0 aromatic heterocycles. The molecule has 2 aromatic rings. The fraction of sp³-hybridized carbons (Fsp3) is 0.125. The maximum atomic E-state index is 12.5. The molecule has 4 nitrogen and oxygen atoms in total. The summed E-state index contributed by atoms with van der Waals surface area (Å²) in [4.78, 5) is 24.2. The molecule has 0 saturated heterocycles. The van der Waals surface area contributed by atoms with Crippen molar-refractivity contribution in [3.63, 3.8) is 0 Å². The second-order valence-electron chi connectivity index (χ2n) is 5.17. The van der Waals surface area contributed by atoms with E-state index in [1.807, 2.05) is 0 Å². The summed E-state index contributed by atoms with van der Waals surface area (Å²) in [7, 11) is 0. The molecular formula is C16H10BrCl2NO3. The molecule has 2 N–H and O–H groups in total. The lowest BCUT2D eigenvalue weighted by Gasteiger charge is -2.28. The van der Waals surface area contributed by atoms with Gasteiger partial charge in [0.25, 0.3) is 5.91 Å². The van der Waals surface area contributed by atoms with E-state index in [0.29, 0.717) is 11.8 Å². The van der Waals surface area contributed by atoms with E-state index in [1.165, 1.54) is 12.1 Å². The molecule has 2 unspecified atom stereocenters. The van der Waals surface area contributed by atoms with E-state index in [0.717, 1.165) is 4.47 Å². The quantitative estimate of drug-likeness (QED) is 0.749. The topological polar surface area (TPSA) is 66.4 Å². The van der Waals surface area contributed by atoms with Crippen LogP contribution < -0.4 is 5.32 Å². The average molecular weight is 415 g/mol. The maximum Gasteiger partial charge on any atom is 0.262 e. The molecule has 2 aromatic carbocycles. The predicted molar refractivity (Wildman–Crippen MR) is 91.9 cm³/mol. The van der Waals surface area contributed by atoms with E-state index in [9.17, 15) is 14.7 Å². The van der Waals surface area contributed by atoms with Crippen molar-refractivity contribution in [2.75, 3.05) is 5.32 Å². The van der Waals surface area contributed by atoms with Crippen LogP contribution in [0.3, 0.4) is 0 Å². The van der Waals surface area contributed by atoms with Gasteiger partial charge in [0.15, 0.2) is 5.60 Å². The molecule has 1 amide bonds. The molecule has 0 saturated carbocycles. The van der Waals surface area contributed by atoms with Gasteiger partial charge in [-0.2, -0.15) is 0 Å². The number of aldehydes is 1. The Kier molecular flexibility index (Phi) is 4.23. The summed E-state index contributed by atoms with van der Waals surface area (Å²) in [5, 5.41) is 14.0. The highest BCUT2D eigenvalue weighted by molar-refractivity contribution is 9.10. The summed E-state index contributed by atoms with van der Waals surface area (Å²) in [6.07, 6.45) is 0.537. The molecule has 3 rings (SSSR count). The van der Waals surface area contributed by atoms with E-state index < -0.39 is 17.4 Å². The number of halogens is 3. The van der Waals surface area contributed by atoms with E-state index in [4.69, 9.17) is 23.2 Å². The lowest BCUT2D eigenvalue weighted by molar-refractivity contribution is -0.139. The second kappa shape index (κ2) is 5.91. The molecule has 0 fully saturated rings. The Morgan fingerprint density at radius 3 is 2.35 bits per heavy atom. The Hall–Kier alpha value is -1.40. The van der Waals surface area contributed by atoms with Crippen molar-refractivity contribution >= 4 is 57.0 Å². The van der Waals surface area contributed by atoms with Crippen LogP contribution in [0.2, 0.25) is 10.0 Å². The van der Waals surface area contributed by atoms with Gasteiger partial charge in [0.05, 0.1) is 16.6 Å². The van der Waals surface area contributed by atoms with Gasteiger partial charge in [-0.3, -0.25) is 4.79 Å². The van der Waals surface area contributed by atoms with Crippen LogP contribution >= 0.6 is 39.1 Å². The van der Waals surface area contributed by atoms with Crippen LogP contribution in [0.15, 0.2) is 40.9 Å². The number of hydrogen-bond acceptors (Lipinski definition) is 3. The molecule has 1 heterocycles. The van der Waals surface area contributed by atoms with Crippen LogP contribution in [-0.2, 0) is 15.2 Å². The zero-order valence-corrected chi connectivity index (χ0v) is 14.6. The van der Waals surface area contributed by atoms with Crippen LogP contribution in [0.5, 0.6) is 0 Å². The summed E-state index contributed by atoms with van der Waals surface area (Å²) >= 11 is 15.5. The minimum absolute atomic E-state index is 0.122. The van der Waals surface area contributed by atoms with Gasteiger partial charge in [0.1, 0.15) is 6.29 Å². The van der Waals surface area contributed by atoms with Crippen molar-refractivity contribution in [3.8, 4) is 0 Å². The molecule has 118 valence electrons. The Labute approximate surface area is 150 Å². The number of benzene rings is 2.